The topological polar surface area (TPSA) is 46.2 Å². The van der Waals surface area contributed by atoms with E-state index in [1.165, 1.54) is 44.9 Å². The molecule has 0 amide bonds. The molecule has 0 atom stereocenters. The van der Waals surface area contributed by atoms with Gasteiger partial charge in [0.15, 0.2) is 0 Å². The average Bonchev–Trinajstić information content (AvgIpc) is 2.21. The minimum absolute atomic E-state index is 0.607. The van der Waals surface area contributed by atoms with E-state index in [0.717, 1.165) is 19.1 Å². The summed E-state index contributed by atoms with van der Waals surface area (Å²) in [5.74, 6) is 0. The lowest BCUT2D eigenvalue weighted by Gasteiger charge is -2.01. The predicted molar refractivity (Wildman–Crippen MR) is 62.1 cm³/mol. The van der Waals surface area contributed by atoms with Gasteiger partial charge in [-0.15, -0.1) is 0 Å². The normalized spacial score (nSPS) is 11.9. The quantitative estimate of drug-likeness (QED) is 0.437. The van der Waals surface area contributed by atoms with Crippen LogP contribution in [0.4, 0.5) is 0 Å². The fourth-order valence-corrected chi connectivity index (χ4v) is 1.53. The second-order valence-corrected chi connectivity index (χ2v) is 3.93. The van der Waals surface area contributed by atoms with Crippen molar-refractivity contribution in [1.29, 1.82) is 0 Å². The highest BCUT2D eigenvalue weighted by Crippen LogP contribution is 2.10. The van der Waals surface area contributed by atoms with Crippen LogP contribution in [-0.4, -0.2) is 5.11 Å². The van der Waals surface area contributed by atoms with Crippen molar-refractivity contribution in [2.24, 2.45) is 5.73 Å². The number of allylic oxidation sites excluding steroid dienone is 1. The van der Waals surface area contributed by atoms with Crippen molar-refractivity contribution in [2.45, 2.75) is 64.7 Å². The molecule has 0 rings (SSSR count). The van der Waals surface area contributed by atoms with Crippen LogP contribution in [0.3, 0.4) is 0 Å². The third-order valence-electron chi connectivity index (χ3n) is 2.48. The number of hydrogen-bond acceptors (Lipinski definition) is 2. The number of aliphatic hydroxyl groups excluding tert-OH is 1. The van der Waals surface area contributed by atoms with Crippen LogP contribution in [0.1, 0.15) is 64.7 Å². The smallest absolute Gasteiger partial charge is 0.0978 e. The predicted octanol–water partition coefficient (Wildman–Crippen LogP) is 3.88. The second kappa shape index (κ2) is 10.4. The first-order valence-electron chi connectivity index (χ1n) is 5.90. The average molecular weight is 199 g/mol. The van der Waals surface area contributed by atoms with Gasteiger partial charge in [-0.25, -0.2) is 0 Å². The van der Waals surface area contributed by atoms with Crippen molar-refractivity contribution in [3.63, 3.8) is 0 Å². The molecule has 0 aliphatic carbocycles. The Morgan fingerprint density at radius 3 is 2.00 bits per heavy atom. The van der Waals surface area contributed by atoms with Crippen LogP contribution in [0, 0.1) is 0 Å². The fourth-order valence-electron chi connectivity index (χ4n) is 1.53. The van der Waals surface area contributed by atoms with E-state index < -0.39 is 0 Å². The zero-order chi connectivity index (χ0) is 10.6. The van der Waals surface area contributed by atoms with E-state index in [0.29, 0.717) is 5.70 Å². The summed E-state index contributed by atoms with van der Waals surface area (Å²) in [6, 6.07) is 0. The molecule has 0 aromatic carbocycles. The summed E-state index contributed by atoms with van der Waals surface area (Å²) in [5.41, 5.74) is 6.07. The summed E-state index contributed by atoms with van der Waals surface area (Å²) >= 11 is 0. The first-order chi connectivity index (χ1) is 6.81. The molecule has 0 aliphatic heterocycles. The molecule has 3 N–H and O–H groups in total. The van der Waals surface area contributed by atoms with E-state index in [2.05, 4.69) is 6.92 Å². The van der Waals surface area contributed by atoms with Crippen molar-refractivity contribution in [3.05, 3.63) is 12.0 Å². The van der Waals surface area contributed by atoms with Crippen molar-refractivity contribution in [2.75, 3.05) is 0 Å². The van der Waals surface area contributed by atoms with Gasteiger partial charge in [-0.2, -0.15) is 0 Å². The molecular weight excluding hydrogens is 174 g/mol. The Labute approximate surface area is 88.2 Å². The fraction of sp³-hybridized carbons (Fsp3) is 0.833. The third-order valence-corrected chi connectivity index (χ3v) is 2.48. The highest BCUT2D eigenvalue weighted by Gasteiger charge is 1.93. The Morgan fingerprint density at radius 2 is 1.50 bits per heavy atom. The second-order valence-electron chi connectivity index (χ2n) is 3.93. The van der Waals surface area contributed by atoms with E-state index >= 15 is 0 Å². The Balaban J connectivity index is 2.99. The van der Waals surface area contributed by atoms with E-state index in [-0.39, 0.29) is 0 Å². The van der Waals surface area contributed by atoms with Gasteiger partial charge >= 0.3 is 0 Å². The van der Waals surface area contributed by atoms with Gasteiger partial charge in [-0.05, 0) is 12.8 Å². The minimum Gasteiger partial charge on any atom is -0.514 e. The molecule has 0 aliphatic rings. The summed E-state index contributed by atoms with van der Waals surface area (Å²) in [5, 5.41) is 8.55. The maximum atomic E-state index is 8.55. The summed E-state index contributed by atoms with van der Waals surface area (Å²) in [6.45, 7) is 2.24. The van der Waals surface area contributed by atoms with Crippen LogP contribution >= 0.6 is 0 Å². The van der Waals surface area contributed by atoms with Gasteiger partial charge in [0.25, 0.3) is 0 Å². The minimum atomic E-state index is 0.607. The van der Waals surface area contributed by atoms with E-state index in [1.54, 1.807) is 0 Å². The highest BCUT2D eigenvalue weighted by molar-refractivity contribution is 4.89. The Morgan fingerprint density at radius 1 is 1.00 bits per heavy atom. The van der Waals surface area contributed by atoms with Crippen LogP contribution in [0.25, 0.3) is 0 Å². The van der Waals surface area contributed by atoms with Crippen LogP contribution in [0.15, 0.2) is 12.0 Å². The molecule has 84 valence electrons. The molecule has 0 aromatic rings. The Hall–Kier alpha value is -0.660. The number of nitrogens with two attached hydrogens (primary N) is 1. The number of rotatable bonds is 9. The zero-order valence-corrected chi connectivity index (χ0v) is 9.47. The molecule has 2 heteroatoms. The molecule has 0 unspecified atom stereocenters. The summed E-state index contributed by atoms with van der Waals surface area (Å²) in [7, 11) is 0. The molecule has 0 fully saturated rings. The SMILES string of the molecule is CCCCCCCCCC/C(N)=C/O. The van der Waals surface area contributed by atoms with Crippen molar-refractivity contribution < 1.29 is 5.11 Å². The Bertz CT molecular complexity index is 143. The molecule has 0 saturated heterocycles. The van der Waals surface area contributed by atoms with E-state index in [9.17, 15) is 0 Å². The lowest BCUT2D eigenvalue weighted by molar-refractivity contribution is 0.461. The standard InChI is InChI=1S/C12H25NO/c1-2-3-4-5-6-7-8-9-10-12(13)11-14/h11,14H,2-10,13H2,1H3/b12-11-. The first kappa shape index (κ1) is 13.3. The molecular formula is C12H25NO. The van der Waals surface area contributed by atoms with Crippen LogP contribution in [-0.2, 0) is 0 Å². The molecule has 0 saturated carbocycles. The molecule has 0 aromatic heterocycles. The van der Waals surface area contributed by atoms with Gasteiger partial charge in [0.1, 0.15) is 0 Å². The first-order valence-corrected chi connectivity index (χ1v) is 5.90. The van der Waals surface area contributed by atoms with E-state index in [1.807, 2.05) is 0 Å². The largest absolute Gasteiger partial charge is 0.514 e. The Kier molecular flexibility index (Phi) is 9.93. The maximum absolute atomic E-state index is 8.55. The molecule has 14 heavy (non-hydrogen) atoms. The molecule has 0 spiro atoms. The number of unbranched alkanes of at least 4 members (excludes halogenated alkanes) is 7. The molecule has 0 bridgehead atoms. The van der Waals surface area contributed by atoms with Crippen LogP contribution < -0.4 is 5.73 Å². The summed E-state index contributed by atoms with van der Waals surface area (Å²) in [6.07, 6.45) is 12.3. The van der Waals surface area contributed by atoms with Crippen LogP contribution in [0.2, 0.25) is 0 Å². The van der Waals surface area contributed by atoms with Gasteiger partial charge in [-0.3, -0.25) is 0 Å². The highest BCUT2D eigenvalue weighted by atomic mass is 16.2. The lowest BCUT2D eigenvalue weighted by atomic mass is 10.1. The number of hydrogen-bond donors (Lipinski definition) is 2. The van der Waals surface area contributed by atoms with Gasteiger partial charge < -0.3 is 10.8 Å². The maximum Gasteiger partial charge on any atom is 0.0978 e. The van der Waals surface area contributed by atoms with Crippen molar-refractivity contribution in [1.82, 2.24) is 0 Å². The van der Waals surface area contributed by atoms with Gasteiger partial charge in [0, 0.05) is 5.70 Å². The zero-order valence-electron chi connectivity index (χ0n) is 9.47. The number of aliphatic hydroxyl groups is 1. The molecule has 0 heterocycles. The van der Waals surface area contributed by atoms with Gasteiger partial charge in [-0.1, -0.05) is 51.9 Å². The van der Waals surface area contributed by atoms with E-state index in [4.69, 9.17) is 10.8 Å². The molecule has 0 radical (unpaired) electrons. The van der Waals surface area contributed by atoms with Crippen molar-refractivity contribution in [3.8, 4) is 0 Å². The molecule has 2 nitrogen and oxygen atoms in total. The lowest BCUT2D eigenvalue weighted by Crippen LogP contribution is -1.96. The van der Waals surface area contributed by atoms with Crippen LogP contribution in [0.5, 0.6) is 0 Å². The third kappa shape index (κ3) is 9.43. The summed E-state index contributed by atoms with van der Waals surface area (Å²) in [4.78, 5) is 0. The summed E-state index contributed by atoms with van der Waals surface area (Å²) < 4.78 is 0. The van der Waals surface area contributed by atoms with Gasteiger partial charge in [0.05, 0.1) is 6.26 Å². The monoisotopic (exact) mass is 199 g/mol. The van der Waals surface area contributed by atoms with Gasteiger partial charge in [0.2, 0.25) is 0 Å². The van der Waals surface area contributed by atoms with Crippen molar-refractivity contribution >= 4 is 0 Å².